The maximum atomic E-state index is 5.06. The molecule has 0 amide bonds. The van der Waals surface area contributed by atoms with E-state index in [0.717, 1.165) is 19.2 Å². The van der Waals surface area contributed by atoms with Gasteiger partial charge in [0.15, 0.2) is 0 Å². The average molecular weight is 186 g/mol. The van der Waals surface area contributed by atoms with E-state index in [1.807, 2.05) is 0 Å². The highest BCUT2D eigenvalue weighted by molar-refractivity contribution is 4.60. The highest BCUT2D eigenvalue weighted by atomic mass is 16.5. The molecule has 0 bridgehead atoms. The molecule has 13 heavy (non-hydrogen) atoms. The van der Waals surface area contributed by atoms with Gasteiger partial charge < -0.3 is 10.1 Å². The van der Waals surface area contributed by atoms with Crippen molar-refractivity contribution in [2.45, 2.75) is 51.0 Å². The van der Waals surface area contributed by atoms with Gasteiger partial charge in [-0.3, -0.25) is 0 Å². The van der Waals surface area contributed by atoms with Crippen LogP contribution in [0.5, 0.6) is 0 Å². The lowest BCUT2D eigenvalue weighted by atomic mass is 9.97. The number of methoxy groups -OCH3 is 1. The lowest BCUT2D eigenvalue weighted by Gasteiger charge is -2.17. The summed E-state index contributed by atoms with van der Waals surface area (Å²) < 4.78 is 5.06. The highest BCUT2D eigenvalue weighted by Gasteiger charge is 2.12. The molecule has 1 rings (SSSR count). The number of nitrogens with two attached hydrogens (primary N) is 1. The Kier molecular flexibility index (Phi) is 6.21. The Bertz CT molecular complexity index is 109. The van der Waals surface area contributed by atoms with Gasteiger partial charge >= 0.3 is 0 Å². The van der Waals surface area contributed by atoms with Crippen molar-refractivity contribution in [3.05, 3.63) is 0 Å². The summed E-state index contributed by atoms with van der Waals surface area (Å²) in [6, 6.07) is 0.885. The third-order valence-corrected chi connectivity index (χ3v) is 2.97. The van der Waals surface area contributed by atoms with Gasteiger partial charge in [-0.25, -0.2) is 0 Å². The molecule has 0 radical (unpaired) electrons. The number of rotatable bonds is 4. The first-order valence-corrected chi connectivity index (χ1v) is 5.76. The van der Waals surface area contributed by atoms with Gasteiger partial charge in [-0.2, -0.15) is 0 Å². The predicted molar refractivity (Wildman–Crippen MR) is 54.8 cm³/mol. The lowest BCUT2D eigenvalue weighted by Crippen LogP contribution is -2.90. The van der Waals surface area contributed by atoms with Crippen LogP contribution in [0, 0.1) is 0 Å². The minimum absolute atomic E-state index is 0.885. The van der Waals surface area contributed by atoms with Crippen molar-refractivity contribution in [2.75, 3.05) is 20.3 Å². The van der Waals surface area contributed by atoms with E-state index in [4.69, 9.17) is 4.74 Å². The lowest BCUT2D eigenvalue weighted by molar-refractivity contribution is -0.692. The van der Waals surface area contributed by atoms with Crippen molar-refractivity contribution < 1.29 is 10.1 Å². The molecule has 0 atom stereocenters. The molecule has 78 valence electrons. The topological polar surface area (TPSA) is 25.8 Å². The molecule has 1 saturated carbocycles. The summed E-state index contributed by atoms with van der Waals surface area (Å²) in [6.45, 7) is 2.04. The SMILES string of the molecule is COCC[NH2+]C1CCCCCCC1. The quantitative estimate of drug-likeness (QED) is 0.658. The van der Waals surface area contributed by atoms with Gasteiger partial charge in [0.25, 0.3) is 0 Å². The van der Waals surface area contributed by atoms with Crippen molar-refractivity contribution in [2.24, 2.45) is 0 Å². The second-order valence-electron chi connectivity index (χ2n) is 4.12. The molecule has 1 aliphatic carbocycles. The molecule has 0 aromatic heterocycles. The zero-order chi connectivity index (χ0) is 9.36. The fourth-order valence-corrected chi connectivity index (χ4v) is 2.15. The largest absolute Gasteiger partial charge is 0.379 e. The summed E-state index contributed by atoms with van der Waals surface area (Å²) in [5.41, 5.74) is 0. The molecule has 2 heteroatoms. The summed E-state index contributed by atoms with van der Waals surface area (Å²) in [7, 11) is 1.78. The number of quaternary nitrogens is 1. The molecule has 2 N–H and O–H groups in total. The number of hydrogen-bond donors (Lipinski definition) is 1. The van der Waals surface area contributed by atoms with Crippen LogP contribution < -0.4 is 5.32 Å². The van der Waals surface area contributed by atoms with Gasteiger partial charge in [-0.15, -0.1) is 0 Å². The molecule has 0 heterocycles. The molecule has 1 aliphatic rings. The molecule has 1 fully saturated rings. The second kappa shape index (κ2) is 7.34. The van der Waals surface area contributed by atoms with Crippen molar-refractivity contribution >= 4 is 0 Å². The van der Waals surface area contributed by atoms with Crippen LogP contribution in [0.1, 0.15) is 44.9 Å². The molecule has 0 aromatic rings. The third-order valence-electron chi connectivity index (χ3n) is 2.97. The van der Waals surface area contributed by atoms with E-state index in [2.05, 4.69) is 5.32 Å². The average Bonchev–Trinajstić information content (AvgIpc) is 2.08. The molecular formula is C11H24NO+. The van der Waals surface area contributed by atoms with E-state index in [-0.39, 0.29) is 0 Å². The Hall–Kier alpha value is -0.0800. The fourth-order valence-electron chi connectivity index (χ4n) is 2.15. The maximum Gasteiger partial charge on any atom is 0.0995 e. The standard InChI is InChI=1S/C11H23NO/c1-13-10-9-12-11-7-5-3-2-4-6-8-11/h11-12H,2-10H2,1H3/p+1. The molecule has 0 saturated heterocycles. The predicted octanol–water partition coefficient (Wildman–Crippen LogP) is 1.31. The van der Waals surface area contributed by atoms with Crippen molar-refractivity contribution in [3.63, 3.8) is 0 Å². The first-order chi connectivity index (χ1) is 6.43. The normalized spacial score (nSPS) is 21.0. The molecule has 0 unspecified atom stereocenters. The van der Waals surface area contributed by atoms with Gasteiger partial charge in [-0.1, -0.05) is 19.3 Å². The van der Waals surface area contributed by atoms with Crippen LogP contribution in [0.2, 0.25) is 0 Å². The number of hydrogen-bond acceptors (Lipinski definition) is 1. The smallest absolute Gasteiger partial charge is 0.0995 e. The van der Waals surface area contributed by atoms with Crippen molar-refractivity contribution in [1.29, 1.82) is 0 Å². The van der Waals surface area contributed by atoms with E-state index in [9.17, 15) is 0 Å². The molecular weight excluding hydrogens is 162 g/mol. The fraction of sp³-hybridized carbons (Fsp3) is 1.00. The first-order valence-electron chi connectivity index (χ1n) is 5.76. The van der Waals surface area contributed by atoms with E-state index in [1.165, 1.54) is 44.9 Å². The number of ether oxygens (including phenoxy) is 1. The Morgan fingerprint density at radius 1 is 1.08 bits per heavy atom. The minimum atomic E-state index is 0.885. The molecule has 2 nitrogen and oxygen atoms in total. The van der Waals surface area contributed by atoms with Crippen LogP contribution in [0.4, 0.5) is 0 Å². The second-order valence-corrected chi connectivity index (χ2v) is 4.12. The van der Waals surface area contributed by atoms with Gasteiger partial charge in [0.2, 0.25) is 0 Å². The Balaban J connectivity index is 2.06. The molecule has 0 spiro atoms. The maximum absolute atomic E-state index is 5.06. The minimum Gasteiger partial charge on any atom is -0.379 e. The zero-order valence-corrected chi connectivity index (χ0v) is 8.93. The van der Waals surface area contributed by atoms with Crippen molar-refractivity contribution in [1.82, 2.24) is 0 Å². The summed E-state index contributed by atoms with van der Waals surface area (Å²) in [5, 5.41) is 2.48. The summed E-state index contributed by atoms with van der Waals surface area (Å²) in [4.78, 5) is 0. The Morgan fingerprint density at radius 2 is 1.69 bits per heavy atom. The summed E-state index contributed by atoms with van der Waals surface area (Å²) in [6.07, 6.45) is 10.1. The van der Waals surface area contributed by atoms with Gasteiger partial charge in [0.05, 0.1) is 19.2 Å². The van der Waals surface area contributed by atoms with Crippen LogP contribution in [0.15, 0.2) is 0 Å². The van der Waals surface area contributed by atoms with Crippen LogP contribution in [0.25, 0.3) is 0 Å². The Morgan fingerprint density at radius 3 is 2.31 bits per heavy atom. The van der Waals surface area contributed by atoms with Crippen LogP contribution in [-0.4, -0.2) is 26.3 Å². The van der Waals surface area contributed by atoms with Gasteiger partial charge in [0.1, 0.15) is 0 Å². The molecule has 0 aromatic carbocycles. The highest BCUT2D eigenvalue weighted by Crippen LogP contribution is 2.14. The third kappa shape index (κ3) is 5.27. The van der Waals surface area contributed by atoms with E-state index in [0.29, 0.717) is 0 Å². The van der Waals surface area contributed by atoms with E-state index < -0.39 is 0 Å². The van der Waals surface area contributed by atoms with Gasteiger partial charge in [0, 0.05) is 7.11 Å². The monoisotopic (exact) mass is 186 g/mol. The van der Waals surface area contributed by atoms with Crippen LogP contribution in [-0.2, 0) is 4.74 Å². The van der Waals surface area contributed by atoms with Crippen LogP contribution >= 0.6 is 0 Å². The van der Waals surface area contributed by atoms with E-state index >= 15 is 0 Å². The summed E-state index contributed by atoms with van der Waals surface area (Å²) in [5.74, 6) is 0. The van der Waals surface area contributed by atoms with Gasteiger partial charge in [-0.05, 0) is 25.7 Å². The Labute approximate surface area is 82.0 Å². The molecule has 0 aliphatic heterocycles. The zero-order valence-electron chi connectivity index (χ0n) is 8.93. The van der Waals surface area contributed by atoms with E-state index in [1.54, 1.807) is 7.11 Å². The van der Waals surface area contributed by atoms with Crippen molar-refractivity contribution in [3.8, 4) is 0 Å². The summed E-state index contributed by atoms with van der Waals surface area (Å²) >= 11 is 0. The van der Waals surface area contributed by atoms with Crippen LogP contribution in [0.3, 0.4) is 0 Å². The first kappa shape index (κ1) is 11.0.